The van der Waals surface area contributed by atoms with Crippen LogP contribution in [0.5, 0.6) is 5.75 Å². The quantitative estimate of drug-likeness (QED) is 0.910. The first-order chi connectivity index (χ1) is 9.39. The minimum atomic E-state index is -4.74. The molecule has 106 valence electrons. The summed E-state index contributed by atoms with van der Waals surface area (Å²) in [6.45, 7) is -0.178. The number of alkyl halides is 3. The van der Waals surface area contributed by atoms with Gasteiger partial charge in [-0.1, -0.05) is 29.8 Å². The van der Waals surface area contributed by atoms with Crippen LogP contribution in [-0.2, 0) is 6.61 Å². The first-order valence-corrected chi connectivity index (χ1v) is 6.02. The van der Waals surface area contributed by atoms with Crippen molar-refractivity contribution in [1.29, 1.82) is 0 Å². The Labute approximate surface area is 118 Å². The van der Waals surface area contributed by atoms with Crippen molar-refractivity contribution < 1.29 is 23.0 Å². The lowest BCUT2D eigenvalue weighted by molar-refractivity contribution is -0.274. The predicted molar refractivity (Wildman–Crippen MR) is 69.5 cm³/mol. The molecule has 2 aromatic carbocycles. The van der Waals surface area contributed by atoms with E-state index in [0.717, 1.165) is 0 Å². The lowest BCUT2D eigenvalue weighted by Crippen LogP contribution is -2.17. The van der Waals surface area contributed by atoms with E-state index in [1.54, 1.807) is 24.3 Å². The van der Waals surface area contributed by atoms with Gasteiger partial charge in [0.25, 0.3) is 0 Å². The summed E-state index contributed by atoms with van der Waals surface area (Å²) in [6, 6.07) is 10.4. The number of halogens is 4. The Morgan fingerprint density at radius 3 is 2.50 bits per heavy atom. The van der Waals surface area contributed by atoms with Crippen LogP contribution in [0, 0.1) is 0 Å². The Morgan fingerprint density at radius 2 is 1.85 bits per heavy atom. The second-order valence-corrected chi connectivity index (χ2v) is 4.46. The fourth-order valence-electron chi connectivity index (χ4n) is 1.75. The Kier molecular flexibility index (Phi) is 4.20. The molecule has 0 radical (unpaired) electrons. The van der Waals surface area contributed by atoms with Crippen molar-refractivity contribution in [3.05, 3.63) is 53.1 Å². The molecule has 0 aliphatic rings. The largest absolute Gasteiger partial charge is 0.573 e. The normalized spacial score (nSPS) is 11.4. The number of ether oxygens (including phenoxy) is 1. The zero-order valence-corrected chi connectivity index (χ0v) is 10.9. The number of benzene rings is 2. The van der Waals surface area contributed by atoms with E-state index < -0.39 is 6.36 Å². The van der Waals surface area contributed by atoms with Crippen molar-refractivity contribution in [1.82, 2.24) is 0 Å². The Balaban J connectivity index is 2.40. The highest BCUT2D eigenvalue weighted by molar-refractivity contribution is 6.33. The van der Waals surface area contributed by atoms with E-state index in [0.29, 0.717) is 21.7 Å². The highest BCUT2D eigenvalue weighted by atomic mass is 35.5. The summed E-state index contributed by atoms with van der Waals surface area (Å²) in [4.78, 5) is 0. The first kappa shape index (κ1) is 14.7. The summed E-state index contributed by atoms with van der Waals surface area (Å²) in [5.41, 5.74) is 1.63. The van der Waals surface area contributed by atoms with Crippen molar-refractivity contribution in [2.45, 2.75) is 13.0 Å². The van der Waals surface area contributed by atoms with Crippen LogP contribution in [0.2, 0.25) is 5.02 Å². The lowest BCUT2D eigenvalue weighted by atomic mass is 10.0. The standard InChI is InChI=1S/C14H10ClF3O2/c15-13-5-4-9(8-19)6-12(13)10-2-1-3-11(7-10)20-14(16,17)18/h1-7,19H,8H2. The maximum absolute atomic E-state index is 12.2. The van der Waals surface area contributed by atoms with Crippen LogP contribution in [0.25, 0.3) is 11.1 Å². The van der Waals surface area contributed by atoms with Crippen molar-refractivity contribution in [3.8, 4) is 16.9 Å². The molecule has 0 unspecified atom stereocenters. The topological polar surface area (TPSA) is 29.5 Å². The summed E-state index contributed by atoms with van der Waals surface area (Å²) in [5.74, 6) is -0.319. The molecule has 2 rings (SSSR count). The third-order valence-corrected chi connectivity index (χ3v) is 2.92. The highest BCUT2D eigenvalue weighted by Crippen LogP contribution is 2.32. The summed E-state index contributed by atoms with van der Waals surface area (Å²) in [6.07, 6.45) is -4.74. The van der Waals surface area contributed by atoms with Gasteiger partial charge in [-0.15, -0.1) is 13.2 Å². The van der Waals surface area contributed by atoms with Gasteiger partial charge in [-0.2, -0.15) is 0 Å². The minimum absolute atomic E-state index is 0.178. The third-order valence-electron chi connectivity index (χ3n) is 2.59. The average Bonchev–Trinajstić information content (AvgIpc) is 2.37. The Hall–Kier alpha value is -1.72. The average molecular weight is 303 g/mol. The summed E-state index contributed by atoms with van der Waals surface area (Å²) in [7, 11) is 0. The van der Waals surface area contributed by atoms with E-state index in [-0.39, 0.29) is 12.4 Å². The molecule has 2 aromatic rings. The van der Waals surface area contributed by atoms with Crippen LogP contribution in [0.15, 0.2) is 42.5 Å². The van der Waals surface area contributed by atoms with Crippen LogP contribution in [0.3, 0.4) is 0 Å². The molecule has 0 amide bonds. The molecule has 1 N–H and O–H groups in total. The zero-order chi connectivity index (χ0) is 14.8. The van der Waals surface area contributed by atoms with Gasteiger partial charge in [-0.25, -0.2) is 0 Å². The molecule has 0 saturated carbocycles. The molecule has 0 atom stereocenters. The lowest BCUT2D eigenvalue weighted by Gasteiger charge is -2.11. The fraction of sp³-hybridized carbons (Fsp3) is 0.143. The second-order valence-electron chi connectivity index (χ2n) is 4.05. The number of hydrogen-bond acceptors (Lipinski definition) is 2. The predicted octanol–water partition coefficient (Wildman–Crippen LogP) is 4.40. The summed E-state index contributed by atoms with van der Waals surface area (Å²) < 4.78 is 40.4. The van der Waals surface area contributed by atoms with Crippen molar-refractivity contribution in [2.75, 3.05) is 0 Å². The monoisotopic (exact) mass is 302 g/mol. The highest BCUT2D eigenvalue weighted by Gasteiger charge is 2.31. The van der Waals surface area contributed by atoms with Crippen LogP contribution in [0.1, 0.15) is 5.56 Å². The number of aliphatic hydroxyl groups excluding tert-OH is 1. The van der Waals surface area contributed by atoms with Gasteiger partial charge in [0, 0.05) is 10.6 Å². The first-order valence-electron chi connectivity index (χ1n) is 5.64. The van der Waals surface area contributed by atoms with E-state index in [4.69, 9.17) is 16.7 Å². The molecule has 0 spiro atoms. The van der Waals surface area contributed by atoms with Crippen molar-refractivity contribution >= 4 is 11.6 Å². The van der Waals surface area contributed by atoms with Crippen LogP contribution < -0.4 is 4.74 Å². The van der Waals surface area contributed by atoms with Gasteiger partial charge in [0.05, 0.1) is 6.61 Å². The molecule has 0 saturated heterocycles. The van der Waals surface area contributed by atoms with E-state index in [1.807, 2.05) is 0 Å². The van der Waals surface area contributed by atoms with Gasteiger partial charge >= 0.3 is 6.36 Å². The Bertz CT molecular complexity index is 612. The van der Waals surface area contributed by atoms with Gasteiger partial charge in [-0.05, 0) is 35.4 Å². The van der Waals surface area contributed by atoms with E-state index >= 15 is 0 Å². The van der Waals surface area contributed by atoms with Crippen molar-refractivity contribution in [3.63, 3.8) is 0 Å². The fourth-order valence-corrected chi connectivity index (χ4v) is 1.98. The number of hydrogen-bond donors (Lipinski definition) is 1. The number of rotatable bonds is 3. The maximum atomic E-state index is 12.2. The molecular formula is C14H10ClF3O2. The Morgan fingerprint density at radius 1 is 1.10 bits per heavy atom. The summed E-state index contributed by atoms with van der Waals surface area (Å²) in [5, 5.41) is 9.47. The van der Waals surface area contributed by atoms with E-state index in [1.165, 1.54) is 18.2 Å². The SMILES string of the molecule is OCc1ccc(Cl)c(-c2cccc(OC(F)(F)F)c2)c1. The molecule has 20 heavy (non-hydrogen) atoms. The molecule has 0 aromatic heterocycles. The van der Waals surface area contributed by atoms with Gasteiger partial charge < -0.3 is 9.84 Å². The smallest absolute Gasteiger partial charge is 0.406 e. The van der Waals surface area contributed by atoms with E-state index in [9.17, 15) is 13.2 Å². The van der Waals surface area contributed by atoms with Crippen LogP contribution >= 0.6 is 11.6 Å². The molecule has 0 aliphatic heterocycles. The molecule has 0 bridgehead atoms. The number of aliphatic hydroxyl groups is 1. The maximum Gasteiger partial charge on any atom is 0.573 e. The third kappa shape index (κ3) is 3.65. The minimum Gasteiger partial charge on any atom is -0.406 e. The molecular weight excluding hydrogens is 293 g/mol. The summed E-state index contributed by atoms with van der Waals surface area (Å²) >= 11 is 6.03. The van der Waals surface area contributed by atoms with Gasteiger partial charge in [0.2, 0.25) is 0 Å². The van der Waals surface area contributed by atoms with Crippen LogP contribution in [-0.4, -0.2) is 11.5 Å². The van der Waals surface area contributed by atoms with Gasteiger partial charge in [-0.3, -0.25) is 0 Å². The second kappa shape index (κ2) is 5.73. The molecule has 6 heteroatoms. The molecule has 0 heterocycles. The molecule has 2 nitrogen and oxygen atoms in total. The van der Waals surface area contributed by atoms with Crippen LogP contribution in [0.4, 0.5) is 13.2 Å². The van der Waals surface area contributed by atoms with Gasteiger partial charge in [0.1, 0.15) is 5.75 Å². The zero-order valence-electron chi connectivity index (χ0n) is 10.1. The van der Waals surface area contributed by atoms with Gasteiger partial charge in [0.15, 0.2) is 0 Å². The van der Waals surface area contributed by atoms with Crippen molar-refractivity contribution in [2.24, 2.45) is 0 Å². The van der Waals surface area contributed by atoms with E-state index in [2.05, 4.69) is 4.74 Å². The molecule has 0 aliphatic carbocycles. The molecule has 0 fully saturated rings.